The fraction of sp³-hybridized carbons (Fsp3) is 0.462. The van der Waals surface area contributed by atoms with Crippen molar-refractivity contribution in [3.63, 3.8) is 0 Å². The Balaban J connectivity index is 1.52. The summed E-state index contributed by atoms with van der Waals surface area (Å²) in [5.41, 5.74) is 3.00. The van der Waals surface area contributed by atoms with E-state index in [1.165, 1.54) is 7.11 Å². The monoisotopic (exact) mass is 438 g/mol. The molecule has 1 aliphatic rings. The molecule has 6 nitrogen and oxygen atoms in total. The predicted molar refractivity (Wildman–Crippen MR) is 125 cm³/mol. The van der Waals surface area contributed by atoms with E-state index in [4.69, 9.17) is 0 Å². The summed E-state index contributed by atoms with van der Waals surface area (Å²) in [6, 6.07) is 12.0. The number of benzene rings is 1. The molecule has 0 radical (unpaired) electrons. The maximum atomic E-state index is 12.3. The van der Waals surface area contributed by atoms with E-state index in [9.17, 15) is 14.7 Å². The van der Waals surface area contributed by atoms with E-state index in [0.717, 1.165) is 48.9 Å². The number of ether oxygens (including phenoxy) is 1. The van der Waals surface area contributed by atoms with Crippen molar-refractivity contribution < 1.29 is 19.4 Å². The highest BCUT2D eigenvalue weighted by atomic mass is 16.5. The summed E-state index contributed by atoms with van der Waals surface area (Å²) >= 11 is 0. The Kier molecular flexibility index (Phi) is 8.68. The number of esters is 1. The summed E-state index contributed by atoms with van der Waals surface area (Å²) in [6.45, 7) is 0.713. The molecule has 1 aliphatic heterocycles. The van der Waals surface area contributed by atoms with Gasteiger partial charge >= 0.3 is 5.97 Å². The minimum absolute atomic E-state index is 0.0308. The number of unbranched alkanes of at least 4 members (excludes halogenated alkanes) is 3. The lowest BCUT2D eigenvalue weighted by molar-refractivity contribution is -0.140. The molecule has 6 heteroatoms. The third kappa shape index (κ3) is 6.33. The molecular formula is C26H34N2O4. The number of hydrogen-bond acceptors (Lipinski definition) is 4. The Morgan fingerprint density at radius 1 is 1.22 bits per heavy atom. The molecule has 0 saturated carbocycles. The molecule has 172 valence electrons. The molecule has 1 aromatic heterocycles. The molecule has 2 heterocycles. The van der Waals surface area contributed by atoms with Crippen LogP contribution in [0.1, 0.15) is 56.6 Å². The van der Waals surface area contributed by atoms with E-state index in [0.29, 0.717) is 19.4 Å². The first-order chi connectivity index (χ1) is 15.5. The van der Waals surface area contributed by atoms with Gasteiger partial charge in [0.05, 0.1) is 19.3 Å². The highest BCUT2D eigenvalue weighted by Crippen LogP contribution is 2.26. The van der Waals surface area contributed by atoms with Crippen LogP contribution in [0.3, 0.4) is 0 Å². The third-order valence-corrected chi connectivity index (χ3v) is 6.12. The molecule has 1 amide bonds. The van der Waals surface area contributed by atoms with Gasteiger partial charge in [-0.25, -0.2) is 0 Å². The van der Waals surface area contributed by atoms with Crippen LogP contribution in [0.15, 0.2) is 54.7 Å². The minimum atomic E-state index is -0.717. The molecule has 0 spiro atoms. The second-order valence-corrected chi connectivity index (χ2v) is 8.39. The smallest absolute Gasteiger partial charge is 0.305 e. The first-order valence-corrected chi connectivity index (χ1v) is 11.4. The molecule has 1 unspecified atom stereocenters. The number of carbonyl (C=O) groups is 2. The summed E-state index contributed by atoms with van der Waals surface area (Å²) in [4.78, 5) is 25.4. The molecule has 3 rings (SSSR count). The minimum Gasteiger partial charge on any atom is -0.469 e. The van der Waals surface area contributed by atoms with Gasteiger partial charge in [0.1, 0.15) is 0 Å². The number of carbonyl (C=O) groups excluding carboxylic acids is 2. The van der Waals surface area contributed by atoms with Crippen LogP contribution < -0.4 is 0 Å². The van der Waals surface area contributed by atoms with Crippen LogP contribution in [0.2, 0.25) is 0 Å². The van der Waals surface area contributed by atoms with Gasteiger partial charge in [0.25, 0.3) is 0 Å². The Labute approximate surface area is 190 Å². The van der Waals surface area contributed by atoms with Gasteiger partial charge in [0, 0.05) is 38.3 Å². The van der Waals surface area contributed by atoms with Crippen molar-refractivity contribution in [3.05, 3.63) is 60.3 Å². The summed E-state index contributed by atoms with van der Waals surface area (Å²) < 4.78 is 6.71. The zero-order valence-electron chi connectivity index (χ0n) is 19.1. The second-order valence-electron chi connectivity index (χ2n) is 8.39. The number of methoxy groups -OCH3 is 1. The van der Waals surface area contributed by atoms with Crippen LogP contribution in [0.4, 0.5) is 0 Å². The van der Waals surface area contributed by atoms with E-state index in [1.807, 2.05) is 54.6 Å². The van der Waals surface area contributed by atoms with Crippen LogP contribution in [0.5, 0.6) is 0 Å². The van der Waals surface area contributed by atoms with Gasteiger partial charge in [-0.1, -0.05) is 43.2 Å². The number of rotatable bonds is 11. The number of likely N-dealkylation sites (tertiary alicyclic amines) is 1. The van der Waals surface area contributed by atoms with Crippen LogP contribution >= 0.6 is 0 Å². The number of amides is 1. The molecule has 1 saturated heterocycles. The van der Waals surface area contributed by atoms with Gasteiger partial charge in [0.15, 0.2) is 0 Å². The van der Waals surface area contributed by atoms with Crippen molar-refractivity contribution in [2.45, 2.75) is 57.1 Å². The summed E-state index contributed by atoms with van der Waals surface area (Å²) in [5, 5.41) is 10.7. The van der Waals surface area contributed by atoms with E-state index in [-0.39, 0.29) is 17.9 Å². The lowest BCUT2D eigenvalue weighted by Gasteiger charge is -2.22. The zero-order valence-corrected chi connectivity index (χ0v) is 19.1. The lowest BCUT2D eigenvalue weighted by Crippen LogP contribution is -2.32. The number of hydrogen-bond donors (Lipinski definition) is 1. The molecule has 2 atom stereocenters. The van der Waals surface area contributed by atoms with Crippen LogP contribution in [-0.4, -0.2) is 46.1 Å². The molecule has 2 aromatic rings. The average molecular weight is 439 g/mol. The summed E-state index contributed by atoms with van der Waals surface area (Å²) in [7, 11) is 3.41. The Bertz CT molecular complexity index is 933. The second kappa shape index (κ2) is 11.7. The van der Waals surface area contributed by atoms with Crippen molar-refractivity contribution in [2.24, 2.45) is 7.05 Å². The van der Waals surface area contributed by atoms with Crippen molar-refractivity contribution in [1.82, 2.24) is 9.47 Å². The Morgan fingerprint density at radius 2 is 2.03 bits per heavy atom. The van der Waals surface area contributed by atoms with E-state index in [1.54, 1.807) is 6.08 Å². The quantitative estimate of drug-likeness (QED) is 0.321. The topological polar surface area (TPSA) is 71.8 Å². The Hall–Kier alpha value is -2.86. The van der Waals surface area contributed by atoms with Crippen LogP contribution in [0, 0.1) is 0 Å². The van der Waals surface area contributed by atoms with Gasteiger partial charge in [0.2, 0.25) is 5.91 Å². The largest absolute Gasteiger partial charge is 0.469 e. The number of aliphatic hydroxyl groups excluding tert-OH is 1. The molecule has 1 fully saturated rings. The van der Waals surface area contributed by atoms with E-state index >= 15 is 0 Å². The number of aromatic nitrogens is 1. The van der Waals surface area contributed by atoms with Gasteiger partial charge in [-0.15, -0.1) is 0 Å². The zero-order chi connectivity index (χ0) is 22.9. The van der Waals surface area contributed by atoms with Gasteiger partial charge in [-0.2, -0.15) is 0 Å². The van der Waals surface area contributed by atoms with E-state index in [2.05, 4.69) is 15.4 Å². The normalized spacial score (nSPS) is 17.3. The average Bonchev–Trinajstić information content (AvgIpc) is 3.39. The van der Waals surface area contributed by atoms with Crippen molar-refractivity contribution >= 4 is 11.9 Å². The fourth-order valence-electron chi connectivity index (χ4n) is 4.24. The highest BCUT2D eigenvalue weighted by molar-refractivity contribution is 5.79. The highest BCUT2D eigenvalue weighted by Gasteiger charge is 2.28. The summed E-state index contributed by atoms with van der Waals surface area (Å²) in [5.74, 6) is 0.00655. The lowest BCUT2D eigenvalue weighted by atomic mass is 10.0. The summed E-state index contributed by atoms with van der Waals surface area (Å²) in [6.07, 6.45) is 10.5. The molecule has 0 aliphatic carbocycles. The van der Waals surface area contributed by atoms with Crippen molar-refractivity contribution in [3.8, 4) is 11.3 Å². The molecule has 0 bridgehead atoms. The molecule has 1 aromatic carbocycles. The SMILES string of the molecule is COC(=O)CCCCCCN1C(=O)CC[C@@H]1C=CC(O)c1cccc(-c2cccn2C)c1. The first-order valence-electron chi connectivity index (χ1n) is 11.4. The fourth-order valence-corrected chi connectivity index (χ4v) is 4.24. The maximum Gasteiger partial charge on any atom is 0.305 e. The van der Waals surface area contributed by atoms with Crippen LogP contribution in [0.25, 0.3) is 11.3 Å². The molecule has 1 N–H and O–H groups in total. The third-order valence-electron chi connectivity index (χ3n) is 6.12. The van der Waals surface area contributed by atoms with Gasteiger partial charge in [-0.05, 0) is 48.6 Å². The standard InChI is InChI=1S/C26H34N2O4/c1-27-17-8-11-23(27)20-9-7-10-21(19-20)24(29)15-13-22-14-16-25(30)28(22)18-6-4-3-5-12-26(31)32-2/h7-11,13,15,17,19,22,24,29H,3-6,12,14,16,18H2,1-2H3/t22-,24?/m0/s1. The van der Waals surface area contributed by atoms with Crippen molar-refractivity contribution in [1.29, 1.82) is 0 Å². The number of aryl methyl sites for hydroxylation is 1. The number of aliphatic hydroxyl groups is 1. The predicted octanol–water partition coefficient (Wildman–Crippen LogP) is 4.40. The van der Waals surface area contributed by atoms with Crippen molar-refractivity contribution in [2.75, 3.05) is 13.7 Å². The molecule has 32 heavy (non-hydrogen) atoms. The van der Waals surface area contributed by atoms with E-state index < -0.39 is 6.10 Å². The van der Waals surface area contributed by atoms with Gasteiger partial charge < -0.3 is 19.3 Å². The number of nitrogens with zero attached hydrogens (tertiary/aromatic N) is 2. The Morgan fingerprint density at radius 3 is 2.78 bits per heavy atom. The van der Waals surface area contributed by atoms with Crippen LogP contribution in [-0.2, 0) is 21.4 Å². The first kappa shape index (κ1) is 23.8. The molecular weight excluding hydrogens is 404 g/mol. The maximum absolute atomic E-state index is 12.3. The van der Waals surface area contributed by atoms with Gasteiger partial charge in [-0.3, -0.25) is 9.59 Å².